The second-order valence-electron chi connectivity index (χ2n) is 4.27. The van der Waals surface area contributed by atoms with E-state index in [1.54, 1.807) is 0 Å². The summed E-state index contributed by atoms with van der Waals surface area (Å²) in [4.78, 5) is 2.48. The molecule has 0 saturated carbocycles. The average Bonchev–Trinajstić information content (AvgIpc) is 2.57. The Hall–Kier alpha value is -0.210. The van der Waals surface area contributed by atoms with Crippen molar-refractivity contribution in [1.82, 2.24) is 0 Å². The van der Waals surface area contributed by atoms with Crippen LogP contribution in [0.15, 0.2) is 18.2 Å². The molecule has 0 radical (unpaired) electrons. The molecule has 0 aromatic heterocycles. The molecular formula is C13H17BrClN. The van der Waals surface area contributed by atoms with E-state index in [0.717, 1.165) is 10.4 Å². The highest BCUT2D eigenvalue weighted by Crippen LogP contribution is 2.30. The van der Waals surface area contributed by atoms with Gasteiger partial charge in [-0.15, -0.1) is 0 Å². The predicted molar refractivity (Wildman–Crippen MR) is 74.8 cm³/mol. The van der Waals surface area contributed by atoms with Gasteiger partial charge in [0.05, 0.1) is 0 Å². The van der Waals surface area contributed by atoms with E-state index < -0.39 is 0 Å². The molecule has 1 aromatic carbocycles. The molecule has 1 fully saturated rings. The first-order chi connectivity index (χ1) is 7.83. The zero-order chi connectivity index (χ0) is 11.4. The van der Waals surface area contributed by atoms with Crippen molar-refractivity contribution in [3.05, 3.63) is 28.8 Å². The number of halogens is 2. The maximum atomic E-state index is 6.23. The van der Waals surface area contributed by atoms with Crippen LogP contribution in [0.4, 0.5) is 5.69 Å². The van der Waals surface area contributed by atoms with Gasteiger partial charge in [-0.25, -0.2) is 0 Å². The number of anilines is 1. The minimum Gasteiger partial charge on any atom is -0.371 e. The highest BCUT2D eigenvalue weighted by Gasteiger charge is 2.14. The van der Waals surface area contributed by atoms with E-state index >= 15 is 0 Å². The molecule has 2 rings (SSSR count). The molecule has 1 aliphatic heterocycles. The first-order valence-corrected chi connectivity index (χ1v) is 7.41. The van der Waals surface area contributed by atoms with Crippen LogP contribution in [0.5, 0.6) is 0 Å². The van der Waals surface area contributed by atoms with Crippen LogP contribution in [0.3, 0.4) is 0 Å². The van der Waals surface area contributed by atoms with Crippen LogP contribution in [-0.4, -0.2) is 13.1 Å². The van der Waals surface area contributed by atoms with Gasteiger partial charge in [0.15, 0.2) is 0 Å². The lowest BCUT2D eigenvalue weighted by atomic mass is 10.1. The largest absolute Gasteiger partial charge is 0.371 e. The Morgan fingerprint density at radius 3 is 2.44 bits per heavy atom. The highest BCUT2D eigenvalue weighted by atomic mass is 79.9. The van der Waals surface area contributed by atoms with E-state index in [-0.39, 0.29) is 0 Å². The average molecular weight is 303 g/mol. The molecule has 88 valence electrons. The lowest BCUT2D eigenvalue weighted by Crippen LogP contribution is -2.24. The van der Waals surface area contributed by atoms with Crippen molar-refractivity contribution in [1.29, 1.82) is 0 Å². The van der Waals surface area contributed by atoms with Gasteiger partial charge in [0.2, 0.25) is 0 Å². The molecule has 0 N–H and O–H groups in total. The SMILES string of the molecule is Clc1cccc(N2CCCCCC2)c1CBr. The standard InChI is InChI=1S/C13H17BrClN/c14-10-11-12(15)6-5-7-13(11)16-8-3-1-2-4-9-16/h5-7H,1-4,8-10H2. The first-order valence-electron chi connectivity index (χ1n) is 5.91. The first kappa shape index (κ1) is 12.3. The van der Waals surface area contributed by atoms with E-state index in [2.05, 4.69) is 33.0 Å². The number of hydrogen-bond donors (Lipinski definition) is 0. The van der Waals surface area contributed by atoms with Gasteiger partial charge in [0, 0.05) is 34.7 Å². The topological polar surface area (TPSA) is 3.24 Å². The fourth-order valence-electron chi connectivity index (χ4n) is 2.29. The van der Waals surface area contributed by atoms with Gasteiger partial charge in [-0.2, -0.15) is 0 Å². The molecule has 3 heteroatoms. The van der Waals surface area contributed by atoms with Crippen LogP contribution in [0, 0.1) is 0 Å². The fraction of sp³-hybridized carbons (Fsp3) is 0.538. The monoisotopic (exact) mass is 301 g/mol. The summed E-state index contributed by atoms with van der Waals surface area (Å²) in [5.41, 5.74) is 2.54. The molecule has 1 saturated heterocycles. The number of alkyl halides is 1. The van der Waals surface area contributed by atoms with Crippen molar-refractivity contribution in [2.24, 2.45) is 0 Å². The molecule has 0 aliphatic carbocycles. The Labute approximate surface area is 111 Å². The summed E-state index contributed by atoms with van der Waals surface area (Å²) in [6, 6.07) is 6.21. The molecule has 0 unspecified atom stereocenters. The summed E-state index contributed by atoms with van der Waals surface area (Å²) < 4.78 is 0. The van der Waals surface area contributed by atoms with Crippen molar-refractivity contribution < 1.29 is 0 Å². The van der Waals surface area contributed by atoms with Gasteiger partial charge >= 0.3 is 0 Å². The number of rotatable bonds is 2. The normalized spacial score (nSPS) is 17.2. The molecule has 1 nitrogen and oxygen atoms in total. The van der Waals surface area contributed by atoms with E-state index in [1.807, 2.05) is 6.07 Å². The highest BCUT2D eigenvalue weighted by molar-refractivity contribution is 9.08. The summed E-state index contributed by atoms with van der Waals surface area (Å²) in [6.07, 6.45) is 5.32. The molecular weight excluding hydrogens is 286 g/mol. The lowest BCUT2D eigenvalue weighted by molar-refractivity contribution is 0.726. The second kappa shape index (κ2) is 5.92. The minimum atomic E-state index is 0.832. The molecule has 1 aliphatic rings. The van der Waals surface area contributed by atoms with E-state index in [1.165, 1.54) is 50.0 Å². The third-order valence-corrected chi connectivity index (χ3v) is 4.09. The zero-order valence-electron chi connectivity index (χ0n) is 9.38. The van der Waals surface area contributed by atoms with Gasteiger partial charge in [0.1, 0.15) is 0 Å². The van der Waals surface area contributed by atoms with Crippen LogP contribution in [0.1, 0.15) is 31.2 Å². The summed E-state index contributed by atoms with van der Waals surface area (Å²) in [5.74, 6) is 0. The number of hydrogen-bond acceptors (Lipinski definition) is 1. The molecule has 1 aromatic rings. The molecule has 0 amide bonds. The maximum absolute atomic E-state index is 6.23. The lowest BCUT2D eigenvalue weighted by Gasteiger charge is -2.25. The maximum Gasteiger partial charge on any atom is 0.0467 e. The van der Waals surface area contributed by atoms with Crippen molar-refractivity contribution >= 4 is 33.2 Å². The Balaban J connectivity index is 2.27. The Morgan fingerprint density at radius 2 is 1.81 bits per heavy atom. The molecule has 0 bridgehead atoms. The van der Waals surface area contributed by atoms with Gasteiger partial charge in [-0.3, -0.25) is 0 Å². The summed E-state index contributed by atoms with van der Waals surface area (Å²) in [7, 11) is 0. The van der Waals surface area contributed by atoms with Crippen molar-refractivity contribution in [3.8, 4) is 0 Å². The molecule has 1 heterocycles. The van der Waals surface area contributed by atoms with Gasteiger partial charge in [-0.05, 0) is 25.0 Å². The molecule has 0 spiro atoms. The smallest absolute Gasteiger partial charge is 0.0467 e. The van der Waals surface area contributed by atoms with E-state index in [0.29, 0.717) is 0 Å². The second-order valence-corrected chi connectivity index (χ2v) is 5.24. The Morgan fingerprint density at radius 1 is 1.12 bits per heavy atom. The van der Waals surface area contributed by atoms with Gasteiger partial charge < -0.3 is 4.90 Å². The number of benzene rings is 1. The predicted octanol–water partition coefficient (Wildman–Crippen LogP) is 4.62. The van der Waals surface area contributed by atoms with Crippen molar-refractivity contribution in [2.75, 3.05) is 18.0 Å². The van der Waals surface area contributed by atoms with Gasteiger partial charge in [-0.1, -0.05) is 46.4 Å². The minimum absolute atomic E-state index is 0.832. The summed E-state index contributed by atoms with van der Waals surface area (Å²) >= 11 is 9.77. The number of nitrogens with zero attached hydrogens (tertiary/aromatic N) is 1. The zero-order valence-corrected chi connectivity index (χ0v) is 11.7. The van der Waals surface area contributed by atoms with Crippen molar-refractivity contribution in [2.45, 2.75) is 31.0 Å². The third kappa shape index (κ3) is 2.72. The van der Waals surface area contributed by atoms with Crippen LogP contribution < -0.4 is 4.90 Å². The van der Waals surface area contributed by atoms with Gasteiger partial charge in [0.25, 0.3) is 0 Å². The van der Waals surface area contributed by atoms with Crippen LogP contribution >= 0.6 is 27.5 Å². The summed E-state index contributed by atoms with van der Waals surface area (Å²) in [6.45, 7) is 2.33. The summed E-state index contributed by atoms with van der Waals surface area (Å²) in [5, 5.41) is 1.71. The van der Waals surface area contributed by atoms with Crippen LogP contribution in [-0.2, 0) is 5.33 Å². The van der Waals surface area contributed by atoms with E-state index in [4.69, 9.17) is 11.6 Å². The fourth-order valence-corrected chi connectivity index (χ4v) is 3.27. The third-order valence-electron chi connectivity index (χ3n) is 3.17. The Bertz CT molecular complexity index is 346. The van der Waals surface area contributed by atoms with Crippen molar-refractivity contribution in [3.63, 3.8) is 0 Å². The Kier molecular flexibility index (Phi) is 4.54. The molecule has 16 heavy (non-hydrogen) atoms. The van der Waals surface area contributed by atoms with Crippen LogP contribution in [0.25, 0.3) is 0 Å². The molecule has 0 atom stereocenters. The quantitative estimate of drug-likeness (QED) is 0.721. The van der Waals surface area contributed by atoms with E-state index in [9.17, 15) is 0 Å². The van der Waals surface area contributed by atoms with Crippen LogP contribution in [0.2, 0.25) is 5.02 Å².